The molecule has 1 heterocycles. The first-order chi connectivity index (χ1) is 12.0. The minimum atomic E-state index is -0.966. The van der Waals surface area contributed by atoms with Crippen LogP contribution >= 0.6 is 0 Å². The number of rotatable bonds is 5. The summed E-state index contributed by atoms with van der Waals surface area (Å²) in [5.41, 5.74) is 1.42. The number of hydrogen-bond acceptors (Lipinski definition) is 3. The van der Waals surface area contributed by atoms with Gasteiger partial charge in [-0.3, -0.25) is 4.79 Å². The molecule has 0 radical (unpaired) electrons. The molecule has 2 unspecified atom stereocenters. The molecular formula is C19H19F2NO3. The Bertz CT molecular complexity index is 739. The second-order valence-corrected chi connectivity index (χ2v) is 6.10. The Morgan fingerprint density at radius 1 is 1.16 bits per heavy atom. The SMILES string of the molecule is O=C(COCc1ccccc1)N1CC(O)CC1c1ccc(F)c(F)c1. The lowest BCUT2D eigenvalue weighted by molar-refractivity contribution is -0.137. The maximum atomic E-state index is 13.5. The first-order valence-corrected chi connectivity index (χ1v) is 8.08. The van der Waals surface area contributed by atoms with Gasteiger partial charge in [0.1, 0.15) is 6.61 Å². The van der Waals surface area contributed by atoms with Gasteiger partial charge in [-0.2, -0.15) is 0 Å². The van der Waals surface area contributed by atoms with Gasteiger partial charge in [-0.15, -0.1) is 0 Å². The molecule has 1 fully saturated rings. The Hall–Kier alpha value is -2.31. The van der Waals surface area contributed by atoms with E-state index in [1.165, 1.54) is 11.0 Å². The van der Waals surface area contributed by atoms with Crippen LogP contribution in [0.5, 0.6) is 0 Å². The maximum Gasteiger partial charge on any atom is 0.249 e. The van der Waals surface area contributed by atoms with Crippen molar-refractivity contribution in [1.82, 2.24) is 4.90 Å². The van der Waals surface area contributed by atoms with E-state index < -0.39 is 23.8 Å². The molecule has 0 spiro atoms. The second kappa shape index (κ2) is 7.72. The van der Waals surface area contributed by atoms with E-state index >= 15 is 0 Å². The van der Waals surface area contributed by atoms with Gasteiger partial charge in [0.15, 0.2) is 11.6 Å². The molecule has 3 rings (SSSR count). The first kappa shape index (κ1) is 17.5. The Morgan fingerprint density at radius 3 is 2.64 bits per heavy atom. The van der Waals surface area contributed by atoms with E-state index in [0.29, 0.717) is 12.2 Å². The highest BCUT2D eigenvalue weighted by Crippen LogP contribution is 2.33. The molecular weight excluding hydrogens is 328 g/mol. The number of aliphatic hydroxyl groups excluding tert-OH is 1. The van der Waals surface area contributed by atoms with Gasteiger partial charge in [-0.1, -0.05) is 36.4 Å². The summed E-state index contributed by atoms with van der Waals surface area (Å²) in [5, 5.41) is 9.91. The van der Waals surface area contributed by atoms with Crippen LogP contribution in [0, 0.1) is 11.6 Å². The topological polar surface area (TPSA) is 49.8 Å². The van der Waals surface area contributed by atoms with Crippen LogP contribution in [0.4, 0.5) is 8.78 Å². The molecule has 2 aromatic carbocycles. The van der Waals surface area contributed by atoms with Gasteiger partial charge in [0.2, 0.25) is 5.91 Å². The zero-order valence-electron chi connectivity index (χ0n) is 13.6. The molecule has 1 N–H and O–H groups in total. The maximum absolute atomic E-state index is 13.5. The zero-order chi connectivity index (χ0) is 17.8. The molecule has 1 amide bonds. The van der Waals surface area contributed by atoms with E-state index in [-0.39, 0.29) is 25.5 Å². The van der Waals surface area contributed by atoms with Crippen molar-refractivity contribution in [3.05, 3.63) is 71.3 Å². The second-order valence-electron chi connectivity index (χ2n) is 6.10. The van der Waals surface area contributed by atoms with E-state index in [4.69, 9.17) is 4.74 Å². The Morgan fingerprint density at radius 2 is 1.92 bits per heavy atom. The third-order valence-electron chi connectivity index (χ3n) is 4.26. The van der Waals surface area contributed by atoms with E-state index in [1.54, 1.807) is 0 Å². The molecule has 1 aliphatic rings. The smallest absolute Gasteiger partial charge is 0.249 e. The predicted molar refractivity (Wildman–Crippen MR) is 87.5 cm³/mol. The highest BCUT2D eigenvalue weighted by molar-refractivity contribution is 5.78. The summed E-state index contributed by atoms with van der Waals surface area (Å²) in [6.07, 6.45) is -0.411. The molecule has 1 saturated heterocycles. The number of carbonyl (C=O) groups is 1. The largest absolute Gasteiger partial charge is 0.391 e. The Balaban J connectivity index is 1.64. The molecule has 1 aliphatic heterocycles. The predicted octanol–water partition coefficient (Wildman–Crippen LogP) is 2.82. The number of benzene rings is 2. The van der Waals surface area contributed by atoms with Crippen LogP contribution in [0.3, 0.4) is 0 Å². The number of halogens is 2. The molecule has 2 atom stereocenters. The third kappa shape index (κ3) is 4.21. The number of ether oxygens (including phenoxy) is 1. The first-order valence-electron chi connectivity index (χ1n) is 8.08. The summed E-state index contributed by atoms with van der Waals surface area (Å²) < 4.78 is 32.1. The zero-order valence-corrected chi connectivity index (χ0v) is 13.6. The van der Waals surface area contributed by atoms with Crippen LogP contribution in [0.25, 0.3) is 0 Å². The molecule has 25 heavy (non-hydrogen) atoms. The highest BCUT2D eigenvalue weighted by Gasteiger charge is 2.35. The quantitative estimate of drug-likeness (QED) is 0.905. The lowest BCUT2D eigenvalue weighted by Crippen LogP contribution is -2.34. The van der Waals surface area contributed by atoms with Gasteiger partial charge in [-0.25, -0.2) is 8.78 Å². The van der Waals surface area contributed by atoms with Crippen LogP contribution in [-0.4, -0.2) is 35.2 Å². The number of amides is 1. The van der Waals surface area contributed by atoms with Crippen molar-refractivity contribution in [2.45, 2.75) is 25.2 Å². The number of aliphatic hydroxyl groups is 1. The molecule has 132 valence electrons. The lowest BCUT2D eigenvalue weighted by Gasteiger charge is -2.25. The average molecular weight is 347 g/mol. The summed E-state index contributed by atoms with van der Waals surface area (Å²) in [6, 6.07) is 12.5. The van der Waals surface area contributed by atoms with Gasteiger partial charge >= 0.3 is 0 Å². The number of hydrogen-bond donors (Lipinski definition) is 1. The normalized spacial score (nSPS) is 20.0. The van der Waals surface area contributed by atoms with Gasteiger partial charge in [0.25, 0.3) is 0 Å². The number of nitrogens with zero attached hydrogens (tertiary/aromatic N) is 1. The molecule has 0 saturated carbocycles. The summed E-state index contributed by atoms with van der Waals surface area (Å²) >= 11 is 0. The van der Waals surface area contributed by atoms with E-state index in [0.717, 1.165) is 17.7 Å². The number of β-amino-alcohol motifs (C(OH)–C–C–N with tert-alkyl or cyclic N) is 1. The summed E-state index contributed by atoms with van der Waals surface area (Å²) in [5.74, 6) is -2.19. The molecule has 0 aliphatic carbocycles. The molecule has 6 heteroatoms. The van der Waals surface area contributed by atoms with Crippen LogP contribution in [0.1, 0.15) is 23.6 Å². The van der Waals surface area contributed by atoms with Gasteiger partial charge in [0.05, 0.1) is 18.8 Å². The number of likely N-dealkylation sites (tertiary alicyclic amines) is 1. The average Bonchev–Trinajstić information content (AvgIpc) is 3.00. The van der Waals surface area contributed by atoms with Crippen molar-refractivity contribution in [3.63, 3.8) is 0 Å². The van der Waals surface area contributed by atoms with Gasteiger partial charge in [0, 0.05) is 6.54 Å². The van der Waals surface area contributed by atoms with E-state index in [2.05, 4.69) is 0 Å². The highest BCUT2D eigenvalue weighted by atomic mass is 19.2. The van der Waals surface area contributed by atoms with Crippen molar-refractivity contribution in [2.75, 3.05) is 13.2 Å². The fraction of sp³-hybridized carbons (Fsp3) is 0.316. The van der Waals surface area contributed by atoms with Gasteiger partial charge < -0.3 is 14.7 Å². The summed E-state index contributed by atoms with van der Waals surface area (Å²) in [4.78, 5) is 13.9. The monoisotopic (exact) mass is 347 g/mol. The lowest BCUT2D eigenvalue weighted by atomic mass is 10.0. The van der Waals surface area contributed by atoms with E-state index in [1.807, 2.05) is 30.3 Å². The summed E-state index contributed by atoms with van der Waals surface area (Å²) in [7, 11) is 0. The van der Waals surface area contributed by atoms with Crippen molar-refractivity contribution >= 4 is 5.91 Å². The van der Waals surface area contributed by atoms with Crippen molar-refractivity contribution in [2.24, 2.45) is 0 Å². The standard InChI is InChI=1S/C19H19F2NO3/c20-16-7-6-14(8-17(16)21)18-9-15(23)10-22(18)19(24)12-25-11-13-4-2-1-3-5-13/h1-8,15,18,23H,9-12H2. The number of carbonyl (C=O) groups excluding carboxylic acids is 1. The van der Waals surface area contributed by atoms with Crippen molar-refractivity contribution < 1.29 is 23.4 Å². The van der Waals surface area contributed by atoms with Crippen LogP contribution in [-0.2, 0) is 16.1 Å². The Labute approximate surface area is 144 Å². The van der Waals surface area contributed by atoms with Gasteiger partial charge in [-0.05, 0) is 29.7 Å². The molecule has 2 aromatic rings. The fourth-order valence-electron chi connectivity index (χ4n) is 3.04. The van der Waals surface area contributed by atoms with Crippen LogP contribution in [0.15, 0.2) is 48.5 Å². The van der Waals surface area contributed by atoms with Crippen molar-refractivity contribution in [1.29, 1.82) is 0 Å². The molecule has 0 aromatic heterocycles. The molecule has 0 bridgehead atoms. The Kier molecular flexibility index (Phi) is 5.40. The third-order valence-corrected chi connectivity index (χ3v) is 4.26. The van der Waals surface area contributed by atoms with E-state index in [9.17, 15) is 18.7 Å². The van der Waals surface area contributed by atoms with Crippen LogP contribution in [0.2, 0.25) is 0 Å². The fourth-order valence-corrected chi connectivity index (χ4v) is 3.04. The minimum Gasteiger partial charge on any atom is -0.391 e. The molecule has 4 nitrogen and oxygen atoms in total. The van der Waals surface area contributed by atoms with Crippen LogP contribution < -0.4 is 0 Å². The summed E-state index contributed by atoms with van der Waals surface area (Å²) in [6.45, 7) is 0.317. The van der Waals surface area contributed by atoms with Crippen molar-refractivity contribution in [3.8, 4) is 0 Å². The minimum absolute atomic E-state index is 0.137.